The van der Waals surface area contributed by atoms with E-state index in [1.807, 2.05) is 25.6 Å². The third-order valence-electron chi connectivity index (χ3n) is 3.36. The summed E-state index contributed by atoms with van der Waals surface area (Å²) in [5, 5.41) is 0. The second-order valence-electron chi connectivity index (χ2n) is 4.69. The van der Waals surface area contributed by atoms with E-state index in [1.165, 1.54) is 0 Å². The topological polar surface area (TPSA) is 35.9 Å². The van der Waals surface area contributed by atoms with Gasteiger partial charge in [0.05, 0.1) is 5.54 Å². The van der Waals surface area contributed by atoms with Crippen LogP contribution < -0.4 is 0 Å². The van der Waals surface area contributed by atoms with Crippen LogP contribution in [0.5, 0.6) is 0 Å². The summed E-state index contributed by atoms with van der Waals surface area (Å²) < 4.78 is 8.56. The van der Waals surface area contributed by atoms with Crippen LogP contribution in [0.4, 0.5) is 0 Å². The zero-order chi connectivity index (χ0) is 14.6. The highest BCUT2D eigenvalue weighted by molar-refractivity contribution is 8.09. The molecule has 0 fully saturated rings. The normalized spacial score (nSPS) is 18.7. The maximum absolute atomic E-state index is 10.6. The fourth-order valence-corrected chi connectivity index (χ4v) is 4.37. The molecule has 0 amide bonds. The Morgan fingerprint density at radius 3 is 2.28 bits per heavy atom. The molecule has 0 aliphatic heterocycles. The molecule has 0 spiro atoms. The second-order valence-corrected chi connectivity index (χ2v) is 9.08. The first-order chi connectivity index (χ1) is 8.14. The quantitative estimate of drug-likeness (QED) is 0.422. The lowest BCUT2D eigenvalue weighted by atomic mass is 9.93. The molecule has 108 valence electrons. The Bertz CT molecular complexity index is 341. The Morgan fingerprint density at radius 2 is 1.94 bits per heavy atom. The van der Waals surface area contributed by atoms with Gasteiger partial charge in [-0.1, -0.05) is 25.6 Å². The van der Waals surface area contributed by atoms with E-state index in [0.717, 1.165) is 17.7 Å². The van der Waals surface area contributed by atoms with Crippen molar-refractivity contribution in [3.63, 3.8) is 0 Å². The third-order valence-corrected chi connectivity index (χ3v) is 7.60. The van der Waals surface area contributed by atoms with Gasteiger partial charge in [-0.05, 0) is 46.2 Å². The maximum atomic E-state index is 10.6. The number of hydrogen-bond donors (Lipinski definition) is 1. The van der Waals surface area contributed by atoms with Crippen molar-refractivity contribution in [2.75, 3.05) is 27.9 Å². The van der Waals surface area contributed by atoms with Gasteiger partial charge in [-0.2, -0.15) is 0 Å². The molecule has 0 heterocycles. The van der Waals surface area contributed by atoms with E-state index in [4.69, 9.17) is 28.8 Å². The first-order valence-corrected chi connectivity index (χ1v) is 9.00. The van der Waals surface area contributed by atoms with Crippen LogP contribution in [0.1, 0.15) is 33.6 Å². The molecule has 2 unspecified atom stereocenters. The van der Waals surface area contributed by atoms with Crippen molar-refractivity contribution in [2.24, 2.45) is 0 Å². The molecule has 0 aromatic heterocycles. The van der Waals surface area contributed by atoms with Crippen molar-refractivity contribution in [1.82, 2.24) is 9.34 Å². The largest absolute Gasteiger partial charge is 0.369 e. The summed E-state index contributed by atoms with van der Waals surface area (Å²) in [6.07, 6.45) is 1.86. The van der Waals surface area contributed by atoms with Crippen molar-refractivity contribution in [1.29, 1.82) is 0 Å². The van der Waals surface area contributed by atoms with Gasteiger partial charge in [0.25, 0.3) is 0 Å². The number of hydrogen-bond acceptors (Lipinski definition) is 3. The third kappa shape index (κ3) is 4.04. The molecule has 0 bridgehead atoms. The lowest BCUT2D eigenvalue weighted by molar-refractivity contribution is 0.119. The van der Waals surface area contributed by atoms with E-state index in [9.17, 15) is 4.89 Å². The zero-order valence-electron chi connectivity index (χ0n) is 12.1. The second kappa shape index (κ2) is 7.39. The summed E-state index contributed by atoms with van der Waals surface area (Å²) >= 11 is 10.8. The molecular formula is C11H25N2O2PS2. The number of methoxy groups -OCH3 is 1. The van der Waals surface area contributed by atoms with E-state index in [0.29, 0.717) is 6.73 Å². The molecule has 4 nitrogen and oxygen atoms in total. The minimum Gasteiger partial charge on any atom is -0.369 e. The number of thiocarbonyl (C=S) groups is 1. The number of nitrogens with zero attached hydrogens (tertiary/aromatic N) is 2. The van der Waals surface area contributed by atoms with Crippen molar-refractivity contribution in [3.8, 4) is 0 Å². The average molecular weight is 312 g/mol. The molecule has 0 rings (SSSR count). The van der Waals surface area contributed by atoms with Gasteiger partial charge in [0.2, 0.25) is 6.57 Å². The highest BCUT2D eigenvalue weighted by atomic mass is 32.5. The summed E-state index contributed by atoms with van der Waals surface area (Å²) in [6.45, 7) is 3.54. The number of rotatable bonds is 8. The molecule has 18 heavy (non-hydrogen) atoms. The minimum absolute atomic E-state index is 0.302. The molecule has 0 aliphatic carbocycles. The summed E-state index contributed by atoms with van der Waals surface area (Å²) in [4.78, 5) is 11.5. The Morgan fingerprint density at radius 1 is 1.44 bits per heavy atom. The minimum atomic E-state index is -2.81. The van der Waals surface area contributed by atoms with Crippen LogP contribution in [-0.4, -0.2) is 52.6 Å². The molecule has 0 aliphatic rings. The van der Waals surface area contributed by atoms with Crippen molar-refractivity contribution >= 4 is 35.5 Å². The highest BCUT2D eigenvalue weighted by Gasteiger charge is 2.39. The van der Waals surface area contributed by atoms with Gasteiger partial charge in [0.15, 0.2) is 0 Å². The van der Waals surface area contributed by atoms with Gasteiger partial charge in [-0.25, -0.2) is 9.34 Å². The molecule has 0 aromatic carbocycles. The summed E-state index contributed by atoms with van der Waals surface area (Å²) in [6, 6.07) is 0. The molecule has 2 atom stereocenters. The predicted molar refractivity (Wildman–Crippen MR) is 85.5 cm³/mol. The molecule has 0 saturated carbocycles. The summed E-state index contributed by atoms with van der Waals surface area (Å²) in [7, 11) is 5.20. The van der Waals surface area contributed by atoms with Crippen LogP contribution in [0.3, 0.4) is 0 Å². The smallest absolute Gasteiger partial charge is 0.202 e. The molecule has 0 radical (unpaired) electrons. The highest BCUT2D eigenvalue weighted by Crippen LogP contribution is 2.52. The van der Waals surface area contributed by atoms with E-state index in [-0.39, 0.29) is 5.54 Å². The molecule has 7 heteroatoms. The molecule has 0 aromatic rings. The zero-order valence-corrected chi connectivity index (χ0v) is 14.7. The van der Waals surface area contributed by atoms with E-state index >= 15 is 0 Å². The van der Waals surface area contributed by atoms with Crippen molar-refractivity contribution < 1.29 is 9.63 Å². The SMILES string of the molecule is CCCC(C)(C(C)=S)N(C)P(O)(=S)N(C)COC. The van der Waals surface area contributed by atoms with E-state index in [1.54, 1.807) is 18.8 Å². The van der Waals surface area contributed by atoms with Crippen LogP contribution in [0, 0.1) is 0 Å². The average Bonchev–Trinajstić information content (AvgIpc) is 2.28. The van der Waals surface area contributed by atoms with Crippen LogP contribution in [0.15, 0.2) is 0 Å². The Balaban J connectivity index is 5.25. The maximum Gasteiger partial charge on any atom is 0.202 e. The van der Waals surface area contributed by atoms with Crippen LogP contribution in [0.25, 0.3) is 0 Å². The van der Waals surface area contributed by atoms with Gasteiger partial charge in [-0.3, -0.25) is 0 Å². The summed E-state index contributed by atoms with van der Waals surface area (Å²) in [5.74, 6) is 0. The molecular weight excluding hydrogens is 287 g/mol. The lowest BCUT2D eigenvalue weighted by Crippen LogP contribution is -2.48. The van der Waals surface area contributed by atoms with E-state index in [2.05, 4.69) is 6.92 Å². The van der Waals surface area contributed by atoms with Crippen LogP contribution in [-0.2, 0) is 16.5 Å². The van der Waals surface area contributed by atoms with Crippen LogP contribution >= 0.6 is 18.8 Å². The monoisotopic (exact) mass is 312 g/mol. The van der Waals surface area contributed by atoms with Crippen molar-refractivity contribution in [2.45, 2.75) is 39.2 Å². The first kappa shape index (κ1) is 18.6. The Labute approximate surface area is 121 Å². The van der Waals surface area contributed by atoms with Crippen molar-refractivity contribution in [3.05, 3.63) is 0 Å². The lowest BCUT2D eigenvalue weighted by Gasteiger charge is -2.45. The van der Waals surface area contributed by atoms with Gasteiger partial charge in [-0.15, -0.1) is 0 Å². The Hall–Kier alpha value is 0.580. The Kier molecular flexibility index (Phi) is 7.62. The molecule has 0 saturated heterocycles. The standard InChI is InChI=1S/C11H25N2O2PS2/c1-7-8-11(3,10(2)17)13(5)16(14,18)12(4)9-15-6/h7-9H2,1-6H3,(H,14,18). The van der Waals surface area contributed by atoms with Crippen LogP contribution in [0.2, 0.25) is 0 Å². The predicted octanol–water partition coefficient (Wildman–Crippen LogP) is 2.62. The molecule has 1 N–H and O–H groups in total. The summed E-state index contributed by atoms with van der Waals surface area (Å²) in [5.41, 5.74) is -0.365. The fraction of sp³-hybridized carbons (Fsp3) is 0.909. The van der Waals surface area contributed by atoms with E-state index < -0.39 is 6.57 Å². The van der Waals surface area contributed by atoms with Gasteiger partial charge < -0.3 is 9.63 Å². The van der Waals surface area contributed by atoms with Gasteiger partial charge in [0.1, 0.15) is 6.73 Å². The number of ether oxygens (including phenoxy) is 1. The van der Waals surface area contributed by atoms with Gasteiger partial charge >= 0.3 is 0 Å². The van der Waals surface area contributed by atoms with Gasteiger partial charge in [0, 0.05) is 12.0 Å². The first-order valence-electron chi connectivity index (χ1n) is 5.93. The fourth-order valence-electron chi connectivity index (χ4n) is 1.83.